The molecule has 1 saturated heterocycles. The van der Waals surface area contributed by atoms with E-state index in [-0.39, 0.29) is 18.4 Å². The second-order valence-electron chi connectivity index (χ2n) is 4.79. The van der Waals surface area contributed by atoms with Crippen molar-refractivity contribution in [2.75, 3.05) is 18.4 Å². The molecule has 1 aromatic heterocycles. The van der Waals surface area contributed by atoms with Crippen LogP contribution in [0.25, 0.3) is 0 Å². The summed E-state index contributed by atoms with van der Waals surface area (Å²) in [6.07, 6.45) is -2.97. The molecule has 1 aliphatic rings. The molecule has 2 rings (SSSR count). The molecule has 118 valence electrons. The number of alkyl halides is 5. The minimum absolute atomic E-state index is 0.148. The van der Waals surface area contributed by atoms with Gasteiger partial charge in [-0.15, -0.1) is 0 Å². The van der Waals surface area contributed by atoms with Gasteiger partial charge in [-0.3, -0.25) is 5.32 Å². The number of aromatic nitrogens is 2. The van der Waals surface area contributed by atoms with Crippen molar-refractivity contribution in [1.29, 1.82) is 0 Å². The van der Waals surface area contributed by atoms with Crippen LogP contribution < -0.4 is 16.0 Å². The van der Waals surface area contributed by atoms with E-state index in [0.29, 0.717) is 6.20 Å². The van der Waals surface area contributed by atoms with Crippen LogP contribution in [0, 0.1) is 0 Å². The zero-order valence-corrected chi connectivity index (χ0v) is 11.0. The van der Waals surface area contributed by atoms with Crippen LogP contribution in [0.1, 0.15) is 12.6 Å². The Kier molecular flexibility index (Phi) is 4.28. The van der Waals surface area contributed by atoms with Gasteiger partial charge in [0.1, 0.15) is 5.82 Å². The average Bonchev–Trinajstić information content (AvgIpc) is 2.36. The molecule has 2 atom stereocenters. The Morgan fingerprint density at radius 1 is 1.33 bits per heavy atom. The first-order chi connectivity index (χ1) is 9.67. The smallest absolute Gasteiger partial charge is 0.367 e. The molecule has 0 radical (unpaired) electrons. The molecule has 0 amide bonds. The summed E-state index contributed by atoms with van der Waals surface area (Å²) in [6, 6.07) is -3.79. The third-order valence-corrected chi connectivity index (χ3v) is 3.07. The number of hydrogen-bond donors (Lipinski definition) is 3. The standard InChI is InChI=1S/C11H14F5N5/c1-6-7(20-5-10(12,13)21-6)2-18-9-4-17-8(3-19-9)11(14,15)16/h3-4,6-7,20-21H,2,5H2,1H3,(H,18,19)/t6-,7+/m1/s1. The second kappa shape index (κ2) is 5.68. The van der Waals surface area contributed by atoms with Crippen LogP contribution in [-0.2, 0) is 6.18 Å². The van der Waals surface area contributed by atoms with Crippen molar-refractivity contribution in [3.63, 3.8) is 0 Å². The van der Waals surface area contributed by atoms with E-state index in [9.17, 15) is 22.0 Å². The van der Waals surface area contributed by atoms with E-state index < -0.39 is 30.5 Å². The fourth-order valence-corrected chi connectivity index (χ4v) is 1.95. The van der Waals surface area contributed by atoms with Gasteiger partial charge in [-0.05, 0) is 6.92 Å². The van der Waals surface area contributed by atoms with E-state index in [4.69, 9.17) is 0 Å². The molecule has 0 unspecified atom stereocenters. The molecule has 1 aromatic rings. The Hall–Kier alpha value is -1.55. The summed E-state index contributed by atoms with van der Waals surface area (Å²) in [7, 11) is 0. The van der Waals surface area contributed by atoms with Gasteiger partial charge in [0.2, 0.25) is 0 Å². The maximum Gasteiger partial charge on any atom is 0.434 e. The SMILES string of the molecule is C[C@H]1NC(F)(F)CN[C@H]1CNc1cnc(C(F)(F)F)cn1. The maximum absolute atomic E-state index is 13.0. The van der Waals surface area contributed by atoms with Gasteiger partial charge in [0, 0.05) is 18.6 Å². The predicted octanol–water partition coefficient (Wildman–Crippen LogP) is 1.45. The number of nitrogens with zero attached hydrogens (tertiary/aromatic N) is 2. The van der Waals surface area contributed by atoms with Gasteiger partial charge in [0.25, 0.3) is 0 Å². The molecular formula is C11H14F5N5. The lowest BCUT2D eigenvalue weighted by Gasteiger charge is -2.36. The summed E-state index contributed by atoms with van der Waals surface area (Å²) in [5.74, 6) is 0.148. The number of rotatable bonds is 3. The van der Waals surface area contributed by atoms with E-state index in [1.165, 1.54) is 0 Å². The Bertz CT molecular complexity index is 475. The maximum atomic E-state index is 13.0. The molecular weight excluding hydrogens is 297 g/mol. The van der Waals surface area contributed by atoms with Gasteiger partial charge in [0.05, 0.1) is 18.9 Å². The topological polar surface area (TPSA) is 61.9 Å². The lowest BCUT2D eigenvalue weighted by atomic mass is 10.1. The van der Waals surface area contributed by atoms with Gasteiger partial charge >= 0.3 is 12.2 Å². The molecule has 10 heteroatoms. The van der Waals surface area contributed by atoms with Crippen LogP contribution in [0.4, 0.5) is 27.8 Å². The van der Waals surface area contributed by atoms with Crippen LogP contribution in [0.3, 0.4) is 0 Å². The third-order valence-electron chi connectivity index (χ3n) is 3.07. The van der Waals surface area contributed by atoms with Crippen LogP contribution in [0.2, 0.25) is 0 Å². The summed E-state index contributed by atoms with van der Waals surface area (Å²) < 4.78 is 63.0. The minimum atomic E-state index is -4.54. The molecule has 2 heterocycles. The Morgan fingerprint density at radius 3 is 2.57 bits per heavy atom. The number of nitrogens with one attached hydrogen (secondary N) is 3. The van der Waals surface area contributed by atoms with Crippen molar-refractivity contribution in [2.24, 2.45) is 0 Å². The molecule has 0 spiro atoms. The van der Waals surface area contributed by atoms with Gasteiger partial charge in [-0.25, -0.2) is 9.97 Å². The van der Waals surface area contributed by atoms with Crippen molar-refractivity contribution < 1.29 is 22.0 Å². The monoisotopic (exact) mass is 311 g/mol. The number of hydrogen-bond acceptors (Lipinski definition) is 5. The molecule has 0 saturated carbocycles. The van der Waals surface area contributed by atoms with Crippen molar-refractivity contribution in [3.05, 3.63) is 18.1 Å². The number of piperazine rings is 1. The summed E-state index contributed by atoms with van der Waals surface area (Å²) in [5.41, 5.74) is -1.08. The highest BCUT2D eigenvalue weighted by Gasteiger charge is 2.38. The quantitative estimate of drug-likeness (QED) is 0.583. The van der Waals surface area contributed by atoms with E-state index in [1.807, 2.05) is 0 Å². The fraction of sp³-hybridized carbons (Fsp3) is 0.636. The molecule has 5 nitrogen and oxygen atoms in total. The predicted molar refractivity (Wildman–Crippen MR) is 64.9 cm³/mol. The van der Waals surface area contributed by atoms with Gasteiger partial charge < -0.3 is 10.6 Å². The van der Waals surface area contributed by atoms with Gasteiger partial charge in [0.15, 0.2) is 5.69 Å². The second-order valence-corrected chi connectivity index (χ2v) is 4.79. The molecule has 3 N–H and O–H groups in total. The minimum Gasteiger partial charge on any atom is -0.367 e. The summed E-state index contributed by atoms with van der Waals surface area (Å²) >= 11 is 0. The normalized spacial score (nSPS) is 25.6. The van der Waals surface area contributed by atoms with Crippen molar-refractivity contribution in [2.45, 2.75) is 31.2 Å². The average molecular weight is 311 g/mol. The summed E-state index contributed by atoms with van der Waals surface area (Å²) in [5, 5.41) is 7.57. The third kappa shape index (κ3) is 4.21. The summed E-state index contributed by atoms with van der Waals surface area (Å²) in [4.78, 5) is 6.84. The van der Waals surface area contributed by atoms with Crippen LogP contribution in [-0.4, -0.2) is 41.2 Å². The van der Waals surface area contributed by atoms with Crippen LogP contribution in [0.15, 0.2) is 12.4 Å². The van der Waals surface area contributed by atoms with Crippen LogP contribution in [0.5, 0.6) is 0 Å². The van der Waals surface area contributed by atoms with Crippen molar-refractivity contribution >= 4 is 5.82 Å². The number of halogens is 5. The van der Waals surface area contributed by atoms with E-state index in [2.05, 4.69) is 25.9 Å². The van der Waals surface area contributed by atoms with Crippen molar-refractivity contribution in [1.82, 2.24) is 20.6 Å². The zero-order chi connectivity index (χ0) is 15.7. The fourth-order valence-electron chi connectivity index (χ4n) is 1.95. The Balaban J connectivity index is 1.89. The first-order valence-corrected chi connectivity index (χ1v) is 6.19. The Morgan fingerprint density at radius 2 is 2.05 bits per heavy atom. The summed E-state index contributed by atoms with van der Waals surface area (Å²) in [6.45, 7) is 1.30. The molecule has 1 aliphatic heterocycles. The largest absolute Gasteiger partial charge is 0.434 e. The molecule has 0 bridgehead atoms. The first-order valence-electron chi connectivity index (χ1n) is 6.19. The lowest BCUT2D eigenvalue weighted by molar-refractivity contribution is -0.141. The molecule has 0 aromatic carbocycles. The highest BCUT2D eigenvalue weighted by Crippen LogP contribution is 2.26. The molecule has 1 fully saturated rings. The van der Waals surface area contributed by atoms with Gasteiger partial charge in [-0.2, -0.15) is 22.0 Å². The van der Waals surface area contributed by atoms with E-state index in [1.54, 1.807) is 6.92 Å². The van der Waals surface area contributed by atoms with Crippen molar-refractivity contribution in [3.8, 4) is 0 Å². The zero-order valence-electron chi connectivity index (χ0n) is 11.0. The lowest BCUT2D eigenvalue weighted by Crippen LogP contribution is -2.65. The highest BCUT2D eigenvalue weighted by atomic mass is 19.4. The molecule has 21 heavy (non-hydrogen) atoms. The molecule has 0 aliphatic carbocycles. The Labute approximate surface area is 117 Å². The van der Waals surface area contributed by atoms with E-state index >= 15 is 0 Å². The van der Waals surface area contributed by atoms with Crippen LogP contribution >= 0.6 is 0 Å². The number of anilines is 1. The van der Waals surface area contributed by atoms with Gasteiger partial charge in [-0.1, -0.05) is 0 Å². The first kappa shape index (κ1) is 15.8. The highest BCUT2D eigenvalue weighted by molar-refractivity contribution is 5.31. The van der Waals surface area contributed by atoms with E-state index in [0.717, 1.165) is 6.20 Å².